The van der Waals surface area contributed by atoms with Crippen molar-refractivity contribution in [3.8, 4) is 16.9 Å². The van der Waals surface area contributed by atoms with E-state index in [1.807, 2.05) is 0 Å². The second-order valence-electron chi connectivity index (χ2n) is 10.9. The lowest BCUT2D eigenvalue weighted by Crippen LogP contribution is -2.29. The minimum Gasteiger partial charge on any atom is -0.394 e. The summed E-state index contributed by atoms with van der Waals surface area (Å²) in [6.45, 7) is 0.387. The standard InChI is InChI=1S/C32H29F5N6O9/c1-16-5-6-17(39-24(47)11-12-38-23(46)8-10-26(49)51-52-30(50)32(35,36)37)13-20(16)27-19-7-9-25(48)43(28-21(33)3-2-4-22(28)34)29(19)42-31(41-27)40-18(14-44)15-45/h2-7,9,13,18,44-45H,8,10-12,14-15H2,1H3,(H,38,46)(H,39,47)(H,40,41,42). The molecule has 2 aromatic carbocycles. The quantitative estimate of drug-likeness (QED) is 0.0762. The van der Waals surface area contributed by atoms with Gasteiger partial charge in [-0.2, -0.15) is 18.2 Å². The van der Waals surface area contributed by atoms with Crippen molar-refractivity contribution in [1.82, 2.24) is 19.9 Å². The van der Waals surface area contributed by atoms with Gasteiger partial charge < -0.3 is 26.2 Å². The Morgan fingerprint density at radius 3 is 2.25 bits per heavy atom. The van der Waals surface area contributed by atoms with Crippen molar-refractivity contribution in [2.75, 3.05) is 30.4 Å². The first-order valence-corrected chi connectivity index (χ1v) is 15.2. The van der Waals surface area contributed by atoms with Gasteiger partial charge in [0.2, 0.25) is 17.8 Å². The summed E-state index contributed by atoms with van der Waals surface area (Å²) < 4.78 is 66.9. The van der Waals surface area contributed by atoms with Crippen LogP contribution in [0.25, 0.3) is 28.0 Å². The number of amides is 2. The molecule has 0 spiro atoms. The summed E-state index contributed by atoms with van der Waals surface area (Å²) in [6, 6.07) is 9.19. The molecule has 4 aromatic rings. The van der Waals surface area contributed by atoms with E-state index in [-0.39, 0.29) is 41.3 Å². The summed E-state index contributed by atoms with van der Waals surface area (Å²) in [4.78, 5) is 75.6. The molecule has 0 atom stereocenters. The minimum absolute atomic E-state index is 0.139. The SMILES string of the molecule is Cc1ccc(NC(=O)CCNC(=O)CCC(=O)OOC(=O)C(F)(F)F)cc1-c1nc(NC(CO)CO)nc2c1ccc(=O)n2-c1c(F)cccc1F. The number of alkyl halides is 3. The third-order valence-corrected chi connectivity index (χ3v) is 7.13. The van der Waals surface area contributed by atoms with Crippen LogP contribution in [0.5, 0.6) is 0 Å². The summed E-state index contributed by atoms with van der Waals surface area (Å²) >= 11 is 0. The van der Waals surface area contributed by atoms with E-state index < -0.39 is 84.9 Å². The fraction of sp³-hybridized carbons (Fsp3) is 0.281. The van der Waals surface area contributed by atoms with Crippen LogP contribution in [0.1, 0.15) is 24.8 Å². The molecule has 0 aliphatic rings. The fourth-order valence-corrected chi connectivity index (χ4v) is 4.61. The van der Waals surface area contributed by atoms with Gasteiger partial charge in [0.05, 0.1) is 31.4 Å². The van der Waals surface area contributed by atoms with Crippen LogP contribution in [-0.4, -0.2) is 80.5 Å². The Bertz CT molecular complexity index is 2030. The molecule has 0 saturated heterocycles. The topological polar surface area (TPSA) is 211 Å². The monoisotopic (exact) mass is 736 g/mol. The van der Waals surface area contributed by atoms with Gasteiger partial charge in [-0.15, -0.1) is 0 Å². The summed E-state index contributed by atoms with van der Waals surface area (Å²) in [5.41, 5.74) is -0.406. The van der Waals surface area contributed by atoms with Gasteiger partial charge in [0, 0.05) is 42.1 Å². The van der Waals surface area contributed by atoms with E-state index in [0.717, 1.165) is 28.8 Å². The lowest BCUT2D eigenvalue weighted by molar-refractivity contribution is -0.285. The highest BCUT2D eigenvalue weighted by atomic mass is 19.4. The Kier molecular flexibility index (Phi) is 12.5. The molecule has 0 fully saturated rings. The summed E-state index contributed by atoms with van der Waals surface area (Å²) in [5.74, 6) is -7.83. The number of nitrogens with zero attached hydrogens (tertiary/aromatic N) is 3. The van der Waals surface area contributed by atoms with Crippen LogP contribution in [-0.2, 0) is 29.0 Å². The van der Waals surface area contributed by atoms with Gasteiger partial charge in [-0.3, -0.25) is 19.0 Å². The second kappa shape index (κ2) is 16.8. The van der Waals surface area contributed by atoms with Crippen LogP contribution in [0.4, 0.5) is 33.6 Å². The number of hydrogen-bond donors (Lipinski definition) is 5. The van der Waals surface area contributed by atoms with Gasteiger partial charge >= 0.3 is 18.1 Å². The third kappa shape index (κ3) is 9.60. The molecule has 52 heavy (non-hydrogen) atoms. The number of nitrogens with one attached hydrogen (secondary N) is 3. The molecule has 0 aliphatic carbocycles. The Balaban J connectivity index is 1.54. The van der Waals surface area contributed by atoms with Crippen molar-refractivity contribution in [2.24, 2.45) is 0 Å². The smallest absolute Gasteiger partial charge is 0.394 e. The normalized spacial score (nSPS) is 11.3. The number of hydrogen-bond acceptors (Lipinski definition) is 12. The Hall–Kier alpha value is -6.02. The van der Waals surface area contributed by atoms with Crippen molar-refractivity contribution in [3.63, 3.8) is 0 Å². The number of aliphatic hydroxyl groups excluding tert-OH is 2. The van der Waals surface area contributed by atoms with Gasteiger partial charge in [-0.05, 0) is 42.8 Å². The second-order valence-corrected chi connectivity index (χ2v) is 10.9. The number of carbonyl (C=O) groups excluding carboxylic acids is 4. The van der Waals surface area contributed by atoms with Crippen LogP contribution >= 0.6 is 0 Å². The molecule has 20 heteroatoms. The maximum Gasteiger partial charge on any atom is 0.495 e. The van der Waals surface area contributed by atoms with Crippen LogP contribution in [0.2, 0.25) is 0 Å². The summed E-state index contributed by atoms with van der Waals surface area (Å²) in [5, 5.41) is 27.1. The first-order valence-electron chi connectivity index (χ1n) is 15.2. The van der Waals surface area contributed by atoms with Crippen LogP contribution in [0.15, 0.2) is 53.3 Å². The first-order chi connectivity index (χ1) is 24.6. The largest absolute Gasteiger partial charge is 0.495 e. The molecule has 2 aromatic heterocycles. The van der Waals surface area contributed by atoms with Crippen molar-refractivity contribution < 1.29 is 61.1 Å². The number of anilines is 2. The molecule has 0 bridgehead atoms. The molecular weight excluding hydrogens is 707 g/mol. The van der Waals surface area contributed by atoms with E-state index in [1.54, 1.807) is 19.1 Å². The molecule has 15 nitrogen and oxygen atoms in total. The molecule has 0 saturated carbocycles. The van der Waals surface area contributed by atoms with E-state index in [9.17, 15) is 56.1 Å². The molecule has 2 amide bonds. The van der Waals surface area contributed by atoms with Gasteiger partial charge in [-0.25, -0.2) is 33.1 Å². The van der Waals surface area contributed by atoms with Gasteiger partial charge in [-0.1, -0.05) is 12.1 Å². The zero-order valence-electron chi connectivity index (χ0n) is 26.9. The number of carbonyl (C=O) groups is 4. The summed E-state index contributed by atoms with van der Waals surface area (Å²) in [6.07, 6.45) is -6.93. The first kappa shape index (κ1) is 38.8. The number of aryl methyl sites for hydroxylation is 1. The van der Waals surface area contributed by atoms with E-state index in [2.05, 4.69) is 35.7 Å². The highest BCUT2D eigenvalue weighted by Gasteiger charge is 2.43. The van der Waals surface area contributed by atoms with Crippen molar-refractivity contribution in [3.05, 3.63) is 76.1 Å². The average molecular weight is 737 g/mol. The number of pyridine rings is 1. The molecule has 4 rings (SSSR count). The van der Waals surface area contributed by atoms with E-state index in [0.29, 0.717) is 11.1 Å². The van der Waals surface area contributed by atoms with Crippen LogP contribution < -0.4 is 21.5 Å². The molecule has 0 radical (unpaired) electrons. The lowest BCUT2D eigenvalue weighted by Gasteiger charge is -2.18. The zero-order valence-corrected chi connectivity index (χ0v) is 26.9. The van der Waals surface area contributed by atoms with Crippen molar-refractivity contribution >= 4 is 46.4 Å². The van der Waals surface area contributed by atoms with Gasteiger partial charge in [0.15, 0.2) is 5.65 Å². The highest BCUT2D eigenvalue weighted by Crippen LogP contribution is 2.33. The number of benzene rings is 2. The maximum atomic E-state index is 15.0. The fourth-order valence-electron chi connectivity index (χ4n) is 4.61. The van der Waals surface area contributed by atoms with E-state index in [4.69, 9.17) is 0 Å². The number of fused-ring (bicyclic) bond motifs is 1. The molecule has 0 aliphatic heterocycles. The Labute approximate surface area is 289 Å². The summed E-state index contributed by atoms with van der Waals surface area (Å²) in [7, 11) is 0. The zero-order chi connectivity index (χ0) is 38.2. The molecule has 276 valence electrons. The number of rotatable bonds is 13. The lowest BCUT2D eigenvalue weighted by atomic mass is 10.0. The molecule has 0 unspecified atom stereocenters. The molecular formula is C32H29F5N6O9. The number of aliphatic hydroxyl groups is 2. The number of halogens is 5. The number of para-hydroxylation sites is 1. The highest BCUT2D eigenvalue weighted by molar-refractivity contribution is 5.96. The van der Waals surface area contributed by atoms with Crippen LogP contribution in [0.3, 0.4) is 0 Å². The Morgan fingerprint density at radius 2 is 1.60 bits per heavy atom. The van der Waals surface area contributed by atoms with Gasteiger partial charge in [0.1, 0.15) is 17.3 Å². The van der Waals surface area contributed by atoms with E-state index in [1.165, 1.54) is 12.1 Å². The van der Waals surface area contributed by atoms with Crippen molar-refractivity contribution in [1.29, 1.82) is 0 Å². The third-order valence-electron chi connectivity index (χ3n) is 7.13. The molecule has 5 N–H and O–H groups in total. The van der Waals surface area contributed by atoms with Gasteiger partial charge in [0.25, 0.3) is 5.56 Å². The predicted octanol–water partition coefficient (Wildman–Crippen LogP) is 2.59. The predicted molar refractivity (Wildman–Crippen MR) is 171 cm³/mol. The number of aromatic nitrogens is 3. The Morgan fingerprint density at radius 1 is 0.904 bits per heavy atom. The maximum absolute atomic E-state index is 15.0. The average Bonchev–Trinajstić information content (AvgIpc) is 3.09. The van der Waals surface area contributed by atoms with E-state index >= 15 is 0 Å². The van der Waals surface area contributed by atoms with Crippen molar-refractivity contribution in [2.45, 2.75) is 38.4 Å². The molecule has 2 heterocycles. The van der Waals surface area contributed by atoms with Crippen LogP contribution in [0, 0.1) is 18.6 Å². The minimum atomic E-state index is -5.38.